The van der Waals surface area contributed by atoms with Crippen LogP contribution >= 0.6 is 0 Å². The molecular weight excluding hydrogens is 290 g/mol. The molecule has 2 rings (SSSR count). The van der Waals surface area contributed by atoms with Crippen LogP contribution in [-0.4, -0.2) is 77.7 Å². The van der Waals surface area contributed by atoms with Crippen molar-refractivity contribution in [1.29, 1.82) is 0 Å². The Morgan fingerprint density at radius 1 is 1.36 bits per heavy atom. The van der Waals surface area contributed by atoms with E-state index in [1.54, 1.807) is 18.7 Å². The molecule has 0 aromatic rings. The highest BCUT2D eigenvalue weighted by Crippen LogP contribution is 2.21. The van der Waals surface area contributed by atoms with Crippen molar-refractivity contribution in [2.75, 3.05) is 32.8 Å². The molecule has 124 valence electrons. The van der Waals surface area contributed by atoms with Gasteiger partial charge >= 0.3 is 6.09 Å². The summed E-state index contributed by atoms with van der Waals surface area (Å²) in [6.45, 7) is 5.83. The van der Waals surface area contributed by atoms with Gasteiger partial charge in [0.15, 0.2) is 0 Å². The fourth-order valence-corrected chi connectivity index (χ4v) is 2.99. The summed E-state index contributed by atoms with van der Waals surface area (Å²) in [6.07, 6.45) is -0.840. The lowest BCUT2D eigenvalue weighted by Crippen LogP contribution is -2.59. The zero-order valence-electron chi connectivity index (χ0n) is 12.9. The number of hydrogen-bond acceptors (Lipinski definition) is 4. The highest BCUT2D eigenvalue weighted by molar-refractivity contribution is 5.91. The van der Waals surface area contributed by atoms with Crippen LogP contribution in [0.15, 0.2) is 0 Å². The first-order valence-electron chi connectivity index (χ1n) is 7.59. The molecule has 0 saturated carbocycles. The average Bonchev–Trinajstić information content (AvgIpc) is 2.90. The molecule has 0 radical (unpaired) electrons. The molecule has 0 aromatic heterocycles. The summed E-state index contributed by atoms with van der Waals surface area (Å²) < 4.78 is 5.23. The molecule has 2 aliphatic heterocycles. The molecule has 2 N–H and O–H groups in total. The monoisotopic (exact) mass is 313 g/mol. The second-order valence-corrected chi connectivity index (χ2v) is 5.91. The second kappa shape index (κ2) is 6.95. The summed E-state index contributed by atoms with van der Waals surface area (Å²) in [5.41, 5.74) is 0. The van der Waals surface area contributed by atoms with Gasteiger partial charge in [-0.1, -0.05) is 13.8 Å². The van der Waals surface area contributed by atoms with Gasteiger partial charge in [0, 0.05) is 19.6 Å². The minimum Gasteiger partial charge on any atom is -0.465 e. The number of carboxylic acid groups (broad SMARTS) is 1. The molecule has 0 unspecified atom stereocenters. The zero-order chi connectivity index (χ0) is 16.3. The van der Waals surface area contributed by atoms with E-state index in [1.165, 1.54) is 0 Å². The van der Waals surface area contributed by atoms with E-state index in [1.807, 2.05) is 0 Å². The van der Waals surface area contributed by atoms with Gasteiger partial charge < -0.3 is 20.1 Å². The maximum Gasteiger partial charge on any atom is 0.408 e. The van der Waals surface area contributed by atoms with Crippen molar-refractivity contribution in [1.82, 2.24) is 15.1 Å². The summed E-state index contributed by atoms with van der Waals surface area (Å²) in [6, 6.07) is -1.65. The molecule has 2 heterocycles. The van der Waals surface area contributed by atoms with Crippen LogP contribution < -0.4 is 5.32 Å². The Morgan fingerprint density at radius 2 is 2.00 bits per heavy atom. The minimum atomic E-state index is -1.23. The van der Waals surface area contributed by atoms with Gasteiger partial charge in [0.25, 0.3) is 0 Å². The predicted octanol–water partition coefficient (Wildman–Crippen LogP) is -0.262. The third kappa shape index (κ3) is 3.32. The second-order valence-electron chi connectivity index (χ2n) is 5.91. The third-order valence-electron chi connectivity index (χ3n) is 4.08. The van der Waals surface area contributed by atoms with Crippen molar-refractivity contribution >= 4 is 17.9 Å². The maximum absolute atomic E-state index is 12.8. The van der Waals surface area contributed by atoms with Gasteiger partial charge in [0.05, 0.1) is 13.2 Å². The predicted molar refractivity (Wildman–Crippen MR) is 77.3 cm³/mol. The number of carbonyl (C=O) groups is 3. The molecule has 2 saturated heterocycles. The molecule has 0 bridgehead atoms. The van der Waals surface area contributed by atoms with E-state index in [4.69, 9.17) is 4.74 Å². The van der Waals surface area contributed by atoms with E-state index in [2.05, 4.69) is 5.32 Å². The lowest BCUT2D eigenvalue weighted by atomic mass is 9.98. The maximum atomic E-state index is 12.8. The summed E-state index contributed by atoms with van der Waals surface area (Å²) in [5.74, 6) is -0.803. The Morgan fingerprint density at radius 3 is 2.45 bits per heavy atom. The zero-order valence-corrected chi connectivity index (χ0v) is 12.9. The van der Waals surface area contributed by atoms with Gasteiger partial charge in [-0.25, -0.2) is 4.79 Å². The minimum absolute atomic E-state index is 0.222. The summed E-state index contributed by atoms with van der Waals surface area (Å²) in [4.78, 5) is 39.0. The van der Waals surface area contributed by atoms with Crippen molar-refractivity contribution in [2.45, 2.75) is 32.4 Å². The summed E-state index contributed by atoms with van der Waals surface area (Å²) >= 11 is 0. The van der Waals surface area contributed by atoms with Crippen LogP contribution in [0.1, 0.15) is 20.3 Å². The van der Waals surface area contributed by atoms with Crippen molar-refractivity contribution in [3.05, 3.63) is 0 Å². The first kappa shape index (κ1) is 16.5. The molecule has 0 spiro atoms. The molecule has 2 aliphatic rings. The van der Waals surface area contributed by atoms with Crippen molar-refractivity contribution in [3.63, 3.8) is 0 Å². The Labute approximate surface area is 129 Å². The number of morpholine rings is 1. The molecule has 8 heteroatoms. The van der Waals surface area contributed by atoms with E-state index in [0.29, 0.717) is 39.3 Å². The van der Waals surface area contributed by atoms with E-state index < -0.39 is 18.2 Å². The first-order valence-corrected chi connectivity index (χ1v) is 7.59. The number of ether oxygens (including phenoxy) is 1. The van der Waals surface area contributed by atoms with Gasteiger partial charge in [-0.05, 0) is 12.3 Å². The number of carbonyl (C=O) groups excluding carboxylic acids is 2. The number of hydrogen-bond donors (Lipinski definition) is 2. The fourth-order valence-electron chi connectivity index (χ4n) is 2.99. The van der Waals surface area contributed by atoms with Crippen LogP contribution in [0.5, 0.6) is 0 Å². The van der Waals surface area contributed by atoms with Crippen LogP contribution in [0.25, 0.3) is 0 Å². The highest BCUT2D eigenvalue weighted by Gasteiger charge is 2.43. The Bertz CT molecular complexity index is 448. The normalized spacial score (nSPS) is 23.3. The topological polar surface area (TPSA) is 99.2 Å². The molecule has 2 atom stereocenters. The van der Waals surface area contributed by atoms with Crippen LogP contribution in [0.2, 0.25) is 0 Å². The number of nitrogens with zero attached hydrogens (tertiary/aromatic N) is 2. The molecule has 0 aromatic carbocycles. The van der Waals surface area contributed by atoms with Gasteiger partial charge in [0.1, 0.15) is 12.1 Å². The van der Waals surface area contributed by atoms with Gasteiger partial charge in [0.2, 0.25) is 11.8 Å². The van der Waals surface area contributed by atoms with E-state index >= 15 is 0 Å². The van der Waals surface area contributed by atoms with Crippen LogP contribution in [0, 0.1) is 5.92 Å². The van der Waals surface area contributed by atoms with Gasteiger partial charge in [-0.15, -0.1) is 0 Å². The highest BCUT2D eigenvalue weighted by atomic mass is 16.5. The van der Waals surface area contributed by atoms with Crippen LogP contribution in [0.4, 0.5) is 4.79 Å². The van der Waals surface area contributed by atoms with Crippen LogP contribution in [0.3, 0.4) is 0 Å². The smallest absolute Gasteiger partial charge is 0.408 e. The molecular formula is C14H23N3O5. The Balaban J connectivity index is 2.24. The fraction of sp³-hybridized carbons (Fsp3) is 0.786. The first-order chi connectivity index (χ1) is 10.4. The van der Waals surface area contributed by atoms with Gasteiger partial charge in [-0.2, -0.15) is 0 Å². The van der Waals surface area contributed by atoms with Crippen molar-refractivity contribution < 1.29 is 24.2 Å². The van der Waals surface area contributed by atoms with E-state index in [0.717, 1.165) is 4.90 Å². The third-order valence-corrected chi connectivity index (χ3v) is 4.08. The van der Waals surface area contributed by atoms with E-state index in [9.17, 15) is 19.5 Å². The lowest BCUT2D eigenvalue weighted by Gasteiger charge is -2.38. The van der Waals surface area contributed by atoms with Crippen molar-refractivity contribution in [3.8, 4) is 0 Å². The summed E-state index contributed by atoms with van der Waals surface area (Å²) in [5, 5.41) is 12.2. The standard InChI is InChI=1S/C14H23N3O5/c1-9(2)11(13(19)16-5-7-22-8-6-16)17(14(20)21)10-3-4-15-12(10)18/h9-11H,3-8H2,1-2H3,(H,15,18)(H,20,21)/t10-,11-/m0/s1. The van der Waals surface area contributed by atoms with Crippen molar-refractivity contribution in [2.24, 2.45) is 5.92 Å². The Hall–Kier alpha value is -1.83. The SMILES string of the molecule is CC(C)[C@@H](C(=O)N1CCOCC1)N(C(=O)O)[C@H]1CCNC1=O. The molecule has 3 amide bonds. The average molecular weight is 313 g/mol. The van der Waals surface area contributed by atoms with Crippen LogP contribution in [-0.2, 0) is 14.3 Å². The molecule has 8 nitrogen and oxygen atoms in total. The molecule has 0 aliphatic carbocycles. The quantitative estimate of drug-likeness (QED) is 0.745. The number of amides is 3. The summed E-state index contributed by atoms with van der Waals surface area (Å²) in [7, 11) is 0. The Kier molecular flexibility index (Phi) is 5.23. The lowest BCUT2D eigenvalue weighted by molar-refractivity contribution is -0.144. The number of rotatable bonds is 4. The largest absolute Gasteiger partial charge is 0.465 e. The van der Waals surface area contributed by atoms with E-state index in [-0.39, 0.29) is 17.7 Å². The molecule has 22 heavy (non-hydrogen) atoms. The molecule has 2 fully saturated rings. The number of nitrogens with one attached hydrogen (secondary N) is 1. The van der Waals surface area contributed by atoms with Gasteiger partial charge in [-0.3, -0.25) is 14.5 Å².